The minimum Gasteiger partial charge on any atom is -0.440 e. The van der Waals surface area contributed by atoms with Crippen molar-refractivity contribution >= 4 is 57.8 Å². The Morgan fingerprint density at radius 3 is 2.79 bits per heavy atom. The average molecular weight is 512 g/mol. The molecule has 1 fully saturated rings. The van der Waals surface area contributed by atoms with Crippen molar-refractivity contribution in [2.45, 2.75) is 12.3 Å². The first-order chi connectivity index (χ1) is 13.2. The summed E-state index contributed by atoms with van der Waals surface area (Å²) in [6, 6.07) is 11.9. The molecule has 0 saturated carbocycles. The lowest BCUT2D eigenvalue weighted by Gasteiger charge is -2.30. The van der Waals surface area contributed by atoms with Gasteiger partial charge >= 0.3 is 5.97 Å². The molecule has 2 aliphatic heterocycles. The summed E-state index contributed by atoms with van der Waals surface area (Å²) in [5.41, 5.74) is 3.60. The van der Waals surface area contributed by atoms with Crippen molar-refractivity contribution in [1.29, 1.82) is 0 Å². The number of esters is 1. The van der Waals surface area contributed by atoms with Gasteiger partial charge in [0.15, 0.2) is 5.58 Å². The predicted molar refractivity (Wildman–Crippen MR) is 118 cm³/mol. The Hall–Kier alpha value is -1.84. The molecule has 8 heteroatoms. The third kappa shape index (κ3) is 3.46. The fourth-order valence-electron chi connectivity index (χ4n) is 3.68. The van der Waals surface area contributed by atoms with Gasteiger partial charge in [0.05, 0.1) is 0 Å². The van der Waals surface area contributed by atoms with Crippen LogP contribution in [0.2, 0.25) is 0 Å². The summed E-state index contributed by atoms with van der Waals surface area (Å²) in [6.07, 6.45) is 0.541. The molecule has 3 heterocycles. The Balaban J connectivity index is 0.00000192. The van der Waals surface area contributed by atoms with E-state index in [9.17, 15) is 4.79 Å². The van der Waals surface area contributed by atoms with Crippen molar-refractivity contribution in [2.75, 3.05) is 31.1 Å². The minimum absolute atomic E-state index is 0. The van der Waals surface area contributed by atoms with Crippen LogP contribution in [0.3, 0.4) is 0 Å². The zero-order chi connectivity index (χ0) is 18.4. The molecule has 0 amide bonds. The first-order valence-electron chi connectivity index (χ1n) is 9.04. The number of aromatic nitrogens is 1. The van der Waals surface area contributed by atoms with Crippen LogP contribution in [0.15, 0.2) is 40.8 Å². The highest BCUT2D eigenvalue weighted by molar-refractivity contribution is 14.1. The van der Waals surface area contributed by atoms with Crippen LogP contribution in [0.1, 0.15) is 17.4 Å². The second-order valence-corrected chi connectivity index (χ2v) is 8.01. The van der Waals surface area contributed by atoms with E-state index in [4.69, 9.17) is 9.15 Å². The summed E-state index contributed by atoms with van der Waals surface area (Å²) in [7, 11) is 0. The van der Waals surface area contributed by atoms with Crippen LogP contribution in [0.4, 0.5) is 5.69 Å². The van der Waals surface area contributed by atoms with E-state index in [1.807, 2.05) is 24.3 Å². The van der Waals surface area contributed by atoms with Crippen molar-refractivity contribution in [3.63, 3.8) is 0 Å². The smallest absolute Gasteiger partial charge is 0.324 e. The molecule has 146 valence electrons. The number of nitrogens with one attached hydrogen (secondary N) is 1. The quantitative estimate of drug-likeness (QED) is 0.323. The summed E-state index contributed by atoms with van der Waals surface area (Å²) < 4.78 is 12.5. The SMILES string of the molecule is Cl.O=C1Oc2cc(N3CCNCC3)ccc2CC1c1nc2c(I)cccc2o1. The third-order valence-corrected chi connectivity index (χ3v) is 6.01. The maximum absolute atomic E-state index is 12.7. The van der Waals surface area contributed by atoms with E-state index in [0.717, 1.165) is 46.5 Å². The summed E-state index contributed by atoms with van der Waals surface area (Å²) in [4.78, 5) is 19.5. The molecule has 3 aromatic rings. The molecular formula is C20H19ClIN3O3. The molecule has 0 bridgehead atoms. The van der Waals surface area contributed by atoms with Crippen molar-refractivity contribution in [1.82, 2.24) is 10.3 Å². The largest absolute Gasteiger partial charge is 0.440 e. The normalized spacial score (nSPS) is 19.1. The van der Waals surface area contributed by atoms with Gasteiger partial charge in [-0.1, -0.05) is 12.1 Å². The molecule has 2 aromatic carbocycles. The number of ether oxygens (including phenoxy) is 1. The summed E-state index contributed by atoms with van der Waals surface area (Å²) in [5, 5.41) is 3.35. The third-order valence-electron chi connectivity index (χ3n) is 5.14. The molecule has 6 nitrogen and oxygen atoms in total. The van der Waals surface area contributed by atoms with Gasteiger partial charge in [-0.15, -0.1) is 12.4 Å². The lowest BCUT2D eigenvalue weighted by Crippen LogP contribution is -2.43. The number of rotatable bonds is 2. The molecule has 0 aliphatic carbocycles. The van der Waals surface area contributed by atoms with E-state index in [2.05, 4.69) is 49.9 Å². The van der Waals surface area contributed by atoms with Crippen LogP contribution in [0.5, 0.6) is 5.75 Å². The van der Waals surface area contributed by atoms with Gasteiger partial charge in [0.25, 0.3) is 0 Å². The molecule has 1 unspecified atom stereocenters. The molecule has 1 N–H and O–H groups in total. The van der Waals surface area contributed by atoms with Crippen LogP contribution >= 0.6 is 35.0 Å². The number of hydrogen-bond donors (Lipinski definition) is 1. The lowest BCUT2D eigenvalue weighted by atomic mass is 9.95. The number of carbonyl (C=O) groups excluding carboxylic acids is 1. The van der Waals surface area contributed by atoms with E-state index in [1.165, 1.54) is 0 Å². The Morgan fingerprint density at radius 2 is 2.00 bits per heavy atom. The Morgan fingerprint density at radius 1 is 1.18 bits per heavy atom. The van der Waals surface area contributed by atoms with E-state index in [-0.39, 0.29) is 18.4 Å². The molecule has 0 radical (unpaired) electrons. The number of piperazine rings is 1. The topological polar surface area (TPSA) is 67.6 Å². The molecular weight excluding hydrogens is 493 g/mol. The zero-order valence-corrected chi connectivity index (χ0v) is 18.0. The zero-order valence-electron chi connectivity index (χ0n) is 15.0. The van der Waals surface area contributed by atoms with Crippen molar-refractivity contribution in [3.05, 3.63) is 51.4 Å². The van der Waals surface area contributed by atoms with Crippen LogP contribution in [-0.2, 0) is 11.2 Å². The van der Waals surface area contributed by atoms with Gasteiger partial charge in [0.2, 0.25) is 5.89 Å². The highest BCUT2D eigenvalue weighted by Gasteiger charge is 2.34. The standard InChI is InChI=1S/C20H18IN3O3.ClH/c21-15-2-1-3-16-18(15)23-19(26-16)14-10-12-4-5-13(11-17(12)27-20(14)25)24-8-6-22-7-9-24;/h1-5,11,14,22H,6-10H2;1H. The maximum Gasteiger partial charge on any atom is 0.324 e. The van der Waals surface area contributed by atoms with Gasteiger partial charge in [0.1, 0.15) is 17.2 Å². The molecule has 1 aromatic heterocycles. The van der Waals surface area contributed by atoms with Gasteiger partial charge in [-0.3, -0.25) is 4.79 Å². The molecule has 1 saturated heterocycles. The maximum atomic E-state index is 12.7. The highest BCUT2D eigenvalue weighted by Crippen LogP contribution is 2.37. The predicted octanol–water partition coefficient (Wildman–Crippen LogP) is 3.51. The van der Waals surface area contributed by atoms with Crippen molar-refractivity contribution in [3.8, 4) is 5.75 Å². The van der Waals surface area contributed by atoms with E-state index >= 15 is 0 Å². The van der Waals surface area contributed by atoms with Crippen LogP contribution in [0.25, 0.3) is 11.1 Å². The van der Waals surface area contributed by atoms with Crippen molar-refractivity contribution < 1.29 is 13.9 Å². The average Bonchev–Trinajstić information content (AvgIpc) is 3.13. The number of fused-ring (bicyclic) bond motifs is 2. The highest BCUT2D eigenvalue weighted by atomic mass is 127. The second-order valence-electron chi connectivity index (χ2n) is 6.85. The molecule has 1 atom stereocenters. The Labute approximate surface area is 182 Å². The van der Waals surface area contributed by atoms with E-state index in [0.29, 0.717) is 23.6 Å². The number of benzene rings is 2. The van der Waals surface area contributed by atoms with Gasteiger partial charge in [-0.2, -0.15) is 0 Å². The Bertz CT molecular complexity index is 1030. The molecule has 2 aliphatic rings. The molecule has 28 heavy (non-hydrogen) atoms. The first kappa shape index (κ1) is 19.5. The molecule has 0 spiro atoms. The number of anilines is 1. The minimum atomic E-state index is -0.509. The summed E-state index contributed by atoms with van der Waals surface area (Å²) in [5.74, 6) is 0.265. The van der Waals surface area contributed by atoms with Gasteiger partial charge in [0, 0.05) is 41.5 Å². The fourth-order valence-corrected chi connectivity index (χ4v) is 4.27. The van der Waals surface area contributed by atoms with Gasteiger partial charge in [-0.05, 0) is 52.8 Å². The monoisotopic (exact) mass is 511 g/mol. The Kier molecular flexibility index (Phi) is 5.48. The van der Waals surface area contributed by atoms with Gasteiger partial charge < -0.3 is 19.4 Å². The van der Waals surface area contributed by atoms with Crippen LogP contribution < -0.4 is 15.0 Å². The summed E-state index contributed by atoms with van der Waals surface area (Å²) in [6.45, 7) is 3.85. The van der Waals surface area contributed by atoms with Crippen LogP contribution in [-0.4, -0.2) is 37.1 Å². The van der Waals surface area contributed by atoms with Gasteiger partial charge in [-0.25, -0.2) is 4.98 Å². The number of halogens is 2. The number of oxazole rings is 1. The molecule has 5 rings (SSSR count). The number of carbonyl (C=O) groups is 1. The fraction of sp³-hybridized carbons (Fsp3) is 0.300. The number of hydrogen-bond acceptors (Lipinski definition) is 6. The van der Waals surface area contributed by atoms with E-state index in [1.54, 1.807) is 0 Å². The van der Waals surface area contributed by atoms with Crippen LogP contribution in [0, 0.1) is 3.57 Å². The second kappa shape index (κ2) is 7.88. The van der Waals surface area contributed by atoms with E-state index < -0.39 is 5.92 Å². The number of para-hydroxylation sites is 1. The lowest BCUT2D eigenvalue weighted by molar-refractivity contribution is -0.137. The first-order valence-corrected chi connectivity index (χ1v) is 10.1. The van der Waals surface area contributed by atoms with Crippen molar-refractivity contribution in [2.24, 2.45) is 0 Å². The summed E-state index contributed by atoms with van der Waals surface area (Å²) >= 11 is 2.22. The number of nitrogens with zero attached hydrogens (tertiary/aromatic N) is 2.